The highest BCUT2D eigenvalue weighted by Gasteiger charge is 2.08. The van der Waals surface area contributed by atoms with Gasteiger partial charge in [-0.1, -0.05) is 6.07 Å². The zero-order valence-corrected chi connectivity index (χ0v) is 13.9. The number of ether oxygens (including phenoxy) is 3. The van der Waals surface area contributed by atoms with Crippen LogP contribution in [0.2, 0.25) is 0 Å². The molecule has 0 aliphatic carbocycles. The summed E-state index contributed by atoms with van der Waals surface area (Å²) in [6, 6.07) is 12.3. The molecule has 0 heterocycles. The van der Waals surface area contributed by atoms with Crippen molar-refractivity contribution in [3.63, 3.8) is 0 Å². The number of hydrazone groups is 1. The van der Waals surface area contributed by atoms with Crippen LogP contribution in [0.1, 0.15) is 22.8 Å². The Balaban J connectivity index is 2.04. The van der Waals surface area contributed by atoms with Crippen LogP contribution in [0.15, 0.2) is 47.6 Å². The van der Waals surface area contributed by atoms with Crippen molar-refractivity contribution in [1.82, 2.24) is 5.43 Å². The molecule has 6 nitrogen and oxygen atoms in total. The maximum Gasteiger partial charge on any atom is 0.271 e. The van der Waals surface area contributed by atoms with Crippen LogP contribution >= 0.6 is 0 Å². The van der Waals surface area contributed by atoms with Gasteiger partial charge in [0.15, 0.2) is 11.5 Å². The molecule has 2 rings (SSSR count). The Bertz CT molecular complexity index is 711. The third-order valence-electron chi connectivity index (χ3n) is 3.23. The second-order valence-corrected chi connectivity index (χ2v) is 4.74. The summed E-state index contributed by atoms with van der Waals surface area (Å²) in [5, 5.41) is 3.97. The largest absolute Gasteiger partial charge is 0.494 e. The zero-order valence-electron chi connectivity index (χ0n) is 13.9. The quantitative estimate of drug-likeness (QED) is 0.627. The van der Waals surface area contributed by atoms with Crippen LogP contribution in [-0.4, -0.2) is 32.9 Å². The fraction of sp³-hybridized carbons (Fsp3) is 0.222. The first-order valence-electron chi connectivity index (χ1n) is 7.46. The van der Waals surface area contributed by atoms with Crippen LogP contribution in [0.25, 0.3) is 0 Å². The van der Waals surface area contributed by atoms with E-state index in [0.717, 1.165) is 5.75 Å². The first-order valence-corrected chi connectivity index (χ1v) is 7.46. The highest BCUT2D eigenvalue weighted by molar-refractivity contribution is 5.95. The van der Waals surface area contributed by atoms with Crippen LogP contribution in [-0.2, 0) is 0 Å². The van der Waals surface area contributed by atoms with Crippen molar-refractivity contribution in [2.75, 3.05) is 20.8 Å². The molecule has 0 unspecified atom stereocenters. The number of hydrogen-bond acceptors (Lipinski definition) is 5. The average molecular weight is 328 g/mol. The Hall–Kier alpha value is -3.02. The van der Waals surface area contributed by atoms with E-state index in [4.69, 9.17) is 14.2 Å². The molecule has 0 saturated heterocycles. The second-order valence-electron chi connectivity index (χ2n) is 4.74. The molecule has 0 aliphatic heterocycles. The summed E-state index contributed by atoms with van der Waals surface area (Å²) in [5.74, 6) is 1.56. The van der Waals surface area contributed by atoms with Gasteiger partial charge in [-0.2, -0.15) is 5.10 Å². The summed E-state index contributed by atoms with van der Waals surface area (Å²) < 4.78 is 15.9. The lowest BCUT2D eigenvalue weighted by Gasteiger charge is -2.09. The molecule has 0 aromatic heterocycles. The number of carbonyl (C=O) groups is 1. The fourth-order valence-corrected chi connectivity index (χ4v) is 2.11. The number of para-hydroxylation sites is 1. The molecule has 1 N–H and O–H groups in total. The van der Waals surface area contributed by atoms with Gasteiger partial charge < -0.3 is 14.2 Å². The van der Waals surface area contributed by atoms with Gasteiger partial charge in [0.1, 0.15) is 5.75 Å². The summed E-state index contributed by atoms with van der Waals surface area (Å²) in [6.45, 7) is 2.49. The van der Waals surface area contributed by atoms with Gasteiger partial charge in [0, 0.05) is 11.1 Å². The van der Waals surface area contributed by atoms with Crippen molar-refractivity contribution in [2.24, 2.45) is 5.10 Å². The first-order chi connectivity index (χ1) is 11.7. The number of hydrogen-bond donors (Lipinski definition) is 1. The smallest absolute Gasteiger partial charge is 0.271 e. The van der Waals surface area contributed by atoms with Gasteiger partial charge in [0.05, 0.1) is 27.0 Å². The van der Waals surface area contributed by atoms with Crippen molar-refractivity contribution < 1.29 is 19.0 Å². The maximum atomic E-state index is 12.1. The number of carbonyl (C=O) groups excluding carboxylic acids is 1. The summed E-state index contributed by atoms with van der Waals surface area (Å²) >= 11 is 0. The molecule has 0 aliphatic rings. The highest BCUT2D eigenvalue weighted by Crippen LogP contribution is 2.29. The van der Waals surface area contributed by atoms with E-state index in [0.29, 0.717) is 29.2 Å². The Morgan fingerprint density at radius 1 is 1.12 bits per heavy atom. The molecule has 24 heavy (non-hydrogen) atoms. The van der Waals surface area contributed by atoms with Crippen LogP contribution in [0.5, 0.6) is 17.2 Å². The molecular formula is C18H20N2O4. The van der Waals surface area contributed by atoms with Gasteiger partial charge in [-0.25, -0.2) is 5.43 Å². The SMILES string of the molecule is CCOc1ccc(C(=O)N/N=C/c2cccc(OC)c2OC)cc1. The van der Waals surface area contributed by atoms with E-state index in [1.165, 1.54) is 6.21 Å². The van der Waals surface area contributed by atoms with Gasteiger partial charge in [0.25, 0.3) is 5.91 Å². The second kappa shape index (κ2) is 8.57. The number of methoxy groups -OCH3 is 2. The predicted molar refractivity (Wildman–Crippen MR) is 92.2 cm³/mol. The van der Waals surface area contributed by atoms with Crippen molar-refractivity contribution in [3.8, 4) is 17.2 Å². The van der Waals surface area contributed by atoms with E-state index < -0.39 is 0 Å². The third-order valence-corrected chi connectivity index (χ3v) is 3.23. The zero-order chi connectivity index (χ0) is 17.4. The molecule has 2 aromatic carbocycles. The van der Waals surface area contributed by atoms with E-state index in [1.807, 2.05) is 19.1 Å². The Morgan fingerprint density at radius 2 is 1.88 bits per heavy atom. The molecule has 0 saturated carbocycles. The number of nitrogens with one attached hydrogen (secondary N) is 1. The van der Waals surface area contributed by atoms with Gasteiger partial charge in [-0.15, -0.1) is 0 Å². The molecule has 0 atom stereocenters. The standard InChI is InChI=1S/C18H20N2O4/c1-4-24-15-10-8-13(9-11-15)18(21)20-19-12-14-6-5-7-16(22-2)17(14)23-3/h5-12H,4H2,1-3H3,(H,20,21)/b19-12+. The molecular weight excluding hydrogens is 308 g/mol. The van der Waals surface area contributed by atoms with E-state index >= 15 is 0 Å². The maximum absolute atomic E-state index is 12.1. The molecule has 0 radical (unpaired) electrons. The topological polar surface area (TPSA) is 69.2 Å². The number of rotatable bonds is 7. The van der Waals surface area contributed by atoms with E-state index in [1.54, 1.807) is 44.6 Å². The molecule has 0 fully saturated rings. The summed E-state index contributed by atoms with van der Waals surface area (Å²) in [5.41, 5.74) is 3.67. The number of benzene rings is 2. The Kier molecular flexibility index (Phi) is 6.19. The minimum Gasteiger partial charge on any atom is -0.494 e. The van der Waals surface area contributed by atoms with Crippen LogP contribution in [0, 0.1) is 0 Å². The molecule has 6 heteroatoms. The summed E-state index contributed by atoms with van der Waals surface area (Å²) in [6.07, 6.45) is 1.51. The average Bonchev–Trinajstić information content (AvgIpc) is 2.62. The van der Waals surface area contributed by atoms with Crippen LogP contribution < -0.4 is 19.6 Å². The lowest BCUT2D eigenvalue weighted by atomic mass is 10.2. The molecule has 0 bridgehead atoms. The third kappa shape index (κ3) is 4.25. The van der Waals surface area contributed by atoms with Gasteiger partial charge >= 0.3 is 0 Å². The van der Waals surface area contributed by atoms with E-state index in [2.05, 4.69) is 10.5 Å². The lowest BCUT2D eigenvalue weighted by molar-refractivity contribution is 0.0955. The normalized spacial score (nSPS) is 10.5. The van der Waals surface area contributed by atoms with Gasteiger partial charge in [-0.05, 0) is 43.3 Å². The molecule has 1 amide bonds. The van der Waals surface area contributed by atoms with Crippen molar-refractivity contribution in [2.45, 2.75) is 6.92 Å². The number of amides is 1. The number of nitrogens with zero attached hydrogens (tertiary/aromatic N) is 1. The first kappa shape index (κ1) is 17.3. The Labute approximate surface area is 141 Å². The monoisotopic (exact) mass is 328 g/mol. The minimum atomic E-state index is -0.309. The van der Waals surface area contributed by atoms with E-state index in [9.17, 15) is 4.79 Å². The summed E-state index contributed by atoms with van der Waals surface area (Å²) in [7, 11) is 3.11. The van der Waals surface area contributed by atoms with Gasteiger partial charge in [0.2, 0.25) is 0 Å². The Morgan fingerprint density at radius 3 is 2.50 bits per heavy atom. The predicted octanol–water partition coefficient (Wildman–Crippen LogP) is 2.87. The molecule has 2 aromatic rings. The molecule has 126 valence electrons. The van der Waals surface area contributed by atoms with Gasteiger partial charge in [-0.3, -0.25) is 4.79 Å². The molecule has 0 spiro atoms. The summed E-state index contributed by atoms with van der Waals surface area (Å²) in [4.78, 5) is 12.1. The van der Waals surface area contributed by atoms with Crippen LogP contribution in [0.3, 0.4) is 0 Å². The van der Waals surface area contributed by atoms with Crippen molar-refractivity contribution in [3.05, 3.63) is 53.6 Å². The van der Waals surface area contributed by atoms with E-state index in [-0.39, 0.29) is 5.91 Å². The highest BCUT2D eigenvalue weighted by atomic mass is 16.5. The van der Waals surface area contributed by atoms with Crippen molar-refractivity contribution >= 4 is 12.1 Å². The fourth-order valence-electron chi connectivity index (χ4n) is 2.11. The van der Waals surface area contributed by atoms with Crippen LogP contribution in [0.4, 0.5) is 0 Å². The van der Waals surface area contributed by atoms with Crippen molar-refractivity contribution in [1.29, 1.82) is 0 Å². The lowest BCUT2D eigenvalue weighted by Crippen LogP contribution is -2.17. The minimum absolute atomic E-state index is 0.309.